The van der Waals surface area contributed by atoms with E-state index in [9.17, 15) is 0 Å². The fourth-order valence-corrected chi connectivity index (χ4v) is 4.82. The molecule has 1 aliphatic carbocycles. The Balaban J connectivity index is 1.35. The molecule has 4 rings (SSSR count). The maximum absolute atomic E-state index is 6.04. The second-order valence-corrected chi connectivity index (χ2v) is 9.80. The first-order valence-electron chi connectivity index (χ1n) is 12.9. The van der Waals surface area contributed by atoms with Crippen LogP contribution in [0.4, 0.5) is 0 Å². The molecule has 0 spiro atoms. The lowest BCUT2D eigenvalue weighted by Crippen LogP contribution is -2.19. The van der Waals surface area contributed by atoms with Crippen LogP contribution in [0.5, 0.6) is 0 Å². The molecule has 0 saturated heterocycles. The van der Waals surface area contributed by atoms with E-state index in [-0.39, 0.29) is 5.92 Å². The molecule has 2 nitrogen and oxygen atoms in total. The molecule has 0 heterocycles. The van der Waals surface area contributed by atoms with Crippen LogP contribution in [-0.4, -0.2) is 13.2 Å². The van der Waals surface area contributed by atoms with Crippen molar-refractivity contribution in [3.63, 3.8) is 0 Å². The van der Waals surface area contributed by atoms with Crippen molar-refractivity contribution in [2.75, 3.05) is 13.2 Å². The predicted molar refractivity (Wildman–Crippen MR) is 157 cm³/mol. The lowest BCUT2D eigenvalue weighted by Gasteiger charge is -2.22. The highest BCUT2D eigenvalue weighted by Crippen LogP contribution is 2.38. The Hall–Kier alpha value is -4.04. The molecule has 1 aliphatic rings. The molecule has 2 atom stereocenters. The zero-order valence-corrected chi connectivity index (χ0v) is 22.0. The van der Waals surface area contributed by atoms with E-state index in [4.69, 9.17) is 4.74 Å². The fourth-order valence-electron chi connectivity index (χ4n) is 4.82. The van der Waals surface area contributed by atoms with Crippen LogP contribution in [0.2, 0.25) is 0 Å². The zero-order chi connectivity index (χ0) is 26.2. The maximum Gasteiger partial charge on any atom is 0.127 e. The van der Waals surface area contributed by atoms with E-state index in [1.54, 1.807) is 0 Å². The second-order valence-electron chi connectivity index (χ2n) is 9.80. The molecule has 2 unspecified atom stereocenters. The van der Waals surface area contributed by atoms with E-state index in [0.29, 0.717) is 18.3 Å². The molecular weight excluding hydrogens is 450 g/mol. The molecule has 0 radical (unpaired) electrons. The number of rotatable bonds is 12. The third kappa shape index (κ3) is 6.80. The van der Waals surface area contributed by atoms with Gasteiger partial charge in [0.1, 0.15) is 12.4 Å². The summed E-state index contributed by atoms with van der Waals surface area (Å²) in [4.78, 5) is 0. The third-order valence-corrected chi connectivity index (χ3v) is 6.77. The second kappa shape index (κ2) is 12.3. The van der Waals surface area contributed by atoms with Crippen LogP contribution >= 0.6 is 0 Å². The highest BCUT2D eigenvalue weighted by Gasteiger charge is 2.20. The van der Waals surface area contributed by atoms with Crippen LogP contribution in [0.25, 0.3) is 5.57 Å². The van der Waals surface area contributed by atoms with Crippen molar-refractivity contribution in [2.24, 2.45) is 0 Å². The van der Waals surface area contributed by atoms with E-state index in [1.807, 2.05) is 25.1 Å². The summed E-state index contributed by atoms with van der Waals surface area (Å²) in [6.07, 6.45) is 5.69. The third-order valence-electron chi connectivity index (χ3n) is 6.77. The van der Waals surface area contributed by atoms with Gasteiger partial charge in [-0.25, -0.2) is 0 Å². The van der Waals surface area contributed by atoms with Gasteiger partial charge in [0.25, 0.3) is 0 Å². The standard InChI is InChI=1S/C35H37NO/c1-25(2)35(31-14-10-7-11-15-31)28(5)37-24-27(4)36-21-20-32-22-33(29-12-8-6-9-13-29)23-34(32)30-18-16-26(3)17-19-30/h6-19,22-23,33,35-36H,1,4-5,20-21,24H2,2-3H3. The van der Waals surface area contributed by atoms with Crippen LogP contribution in [-0.2, 0) is 4.74 Å². The minimum absolute atomic E-state index is 0.0326. The van der Waals surface area contributed by atoms with Crippen molar-refractivity contribution in [1.82, 2.24) is 5.32 Å². The average molecular weight is 488 g/mol. The highest BCUT2D eigenvalue weighted by atomic mass is 16.5. The van der Waals surface area contributed by atoms with Crippen LogP contribution in [0.3, 0.4) is 0 Å². The maximum atomic E-state index is 6.04. The Labute approximate surface area is 222 Å². The van der Waals surface area contributed by atoms with E-state index in [1.165, 1.54) is 27.8 Å². The first-order chi connectivity index (χ1) is 17.9. The molecule has 0 bridgehead atoms. The molecule has 0 fully saturated rings. The Morgan fingerprint density at radius 3 is 2.16 bits per heavy atom. The molecule has 0 aromatic heterocycles. The van der Waals surface area contributed by atoms with Crippen LogP contribution in [0.1, 0.15) is 47.4 Å². The van der Waals surface area contributed by atoms with Crippen molar-refractivity contribution in [3.8, 4) is 0 Å². The average Bonchev–Trinajstić information content (AvgIpc) is 3.33. The van der Waals surface area contributed by atoms with Crippen molar-refractivity contribution in [2.45, 2.75) is 32.1 Å². The Morgan fingerprint density at radius 1 is 0.865 bits per heavy atom. The number of ether oxygens (including phenoxy) is 1. The topological polar surface area (TPSA) is 21.3 Å². The molecule has 3 aromatic carbocycles. The van der Waals surface area contributed by atoms with E-state index in [0.717, 1.165) is 29.8 Å². The SMILES string of the molecule is C=C(COC(=C)C(C(=C)C)c1ccccc1)NCCC1=CC(c2ccccc2)C=C1c1ccc(C)cc1. The number of hydrogen-bond acceptors (Lipinski definition) is 2. The number of aryl methyl sites for hydroxylation is 1. The van der Waals surface area contributed by atoms with Gasteiger partial charge in [-0.2, -0.15) is 0 Å². The predicted octanol–water partition coefficient (Wildman–Crippen LogP) is 8.49. The number of allylic oxidation sites excluding steroid dienone is 4. The molecule has 3 aromatic rings. The van der Waals surface area contributed by atoms with Gasteiger partial charge in [-0.05, 0) is 48.1 Å². The first-order valence-corrected chi connectivity index (χ1v) is 12.9. The smallest absolute Gasteiger partial charge is 0.127 e. The normalized spacial score (nSPS) is 15.4. The summed E-state index contributed by atoms with van der Waals surface area (Å²) in [7, 11) is 0. The van der Waals surface area contributed by atoms with E-state index < -0.39 is 0 Å². The van der Waals surface area contributed by atoms with Crippen LogP contribution < -0.4 is 5.32 Å². The van der Waals surface area contributed by atoms with Gasteiger partial charge in [0.15, 0.2) is 0 Å². The van der Waals surface area contributed by atoms with Gasteiger partial charge in [-0.3, -0.25) is 0 Å². The quantitative estimate of drug-likeness (QED) is 0.204. The lowest BCUT2D eigenvalue weighted by molar-refractivity contribution is 0.220. The fraction of sp³-hybridized carbons (Fsp3) is 0.200. The van der Waals surface area contributed by atoms with Crippen LogP contribution in [0.15, 0.2) is 139 Å². The Morgan fingerprint density at radius 2 is 1.51 bits per heavy atom. The van der Waals surface area contributed by atoms with Gasteiger partial charge in [-0.15, -0.1) is 0 Å². The van der Waals surface area contributed by atoms with Crippen LogP contribution in [0, 0.1) is 6.92 Å². The van der Waals surface area contributed by atoms with Gasteiger partial charge in [0, 0.05) is 18.2 Å². The van der Waals surface area contributed by atoms with Gasteiger partial charge < -0.3 is 10.1 Å². The molecule has 2 heteroatoms. The highest BCUT2D eigenvalue weighted by molar-refractivity contribution is 5.83. The van der Waals surface area contributed by atoms with Gasteiger partial charge in [-0.1, -0.05) is 128 Å². The lowest BCUT2D eigenvalue weighted by atomic mass is 9.91. The monoisotopic (exact) mass is 487 g/mol. The minimum Gasteiger partial charge on any atom is -0.491 e. The van der Waals surface area contributed by atoms with Gasteiger partial charge in [0.2, 0.25) is 0 Å². The zero-order valence-electron chi connectivity index (χ0n) is 22.0. The Kier molecular flexibility index (Phi) is 8.64. The molecule has 188 valence electrons. The summed E-state index contributed by atoms with van der Waals surface area (Å²) in [5.74, 6) is 0.949. The van der Waals surface area contributed by atoms with Gasteiger partial charge in [0.05, 0.1) is 5.92 Å². The minimum atomic E-state index is -0.0326. The Bertz CT molecular complexity index is 1300. The number of benzene rings is 3. The van der Waals surface area contributed by atoms with Crippen molar-refractivity contribution in [1.29, 1.82) is 0 Å². The molecular formula is C35H37NO. The van der Waals surface area contributed by atoms with Gasteiger partial charge >= 0.3 is 0 Å². The largest absolute Gasteiger partial charge is 0.491 e. The summed E-state index contributed by atoms with van der Waals surface area (Å²) in [5.41, 5.74) is 9.51. The molecule has 1 N–H and O–H groups in total. The van der Waals surface area contributed by atoms with E-state index in [2.05, 4.69) is 111 Å². The number of hydrogen-bond donors (Lipinski definition) is 1. The summed E-state index contributed by atoms with van der Waals surface area (Å²) < 4.78 is 6.04. The van der Waals surface area contributed by atoms with E-state index >= 15 is 0 Å². The first kappa shape index (κ1) is 26.0. The molecule has 0 saturated carbocycles. The molecule has 0 aliphatic heterocycles. The van der Waals surface area contributed by atoms with Crippen molar-refractivity contribution >= 4 is 5.57 Å². The summed E-state index contributed by atoms with van der Waals surface area (Å²) in [5, 5.41) is 3.46. The van der Waals surface area contributed by atoms with Crippen molar-refractivity contribution in [3.05, 3.63) is 162 Å². The summed E-state index contributed by atoms with van der Waals surface area (Å²) in [6.45, 7) is 17.8. The van der Waals surface area contributed by atoms with Crippen molar-refractivity contribution < 1.29 is 4.74 Å². The number of nitrogens with one attached hydrogen (secondary N) is 1. The molecule has 0 amide bonds. The summed E-state index contributed by atoms with van der Waals surface area (Å²) >= 11 is 0. The molecule has 37 heavy (non-hydrogen) atoms. The summed E-state index contributed by atoms with van der Waals surface area (Å²) in [6, 6.07) is 29.7.